The minimum Gasteiger partial charge on any atom is -0.368 e. The summed E-state index contributed by atoms with van der Waals surface area (Å²) >= 11 is 0. The smallest absolute Gasteiger partial charge is 0.243 e. The number of nitrogens with two attached hydrogens (primary N) is 1. The lowest BCUT2D eigenvalue weighted by Gasteiger charge is -2.37. The average molecular weight is 423 g/mol. The molecule has 0 unspecified atom stereocenters. The topological polar surface area (TPSA) is 104 Å². The average Bonchev–Trinajstić information content (AvgIpc) is 2.68. The summed E-state index contributed by atoms with van der Waals surface area (Å²) in [6.07, 6.45) is 2.38. The van der Waals surface area contributed by atoms with Crippen LogP contribution in [0.4, 0.5) is 0 Å². The molecule has 2 amide bonds. The van der Waals surface area contributed by atoms with Gasteiger partial charge in [-0.25, -0.2) is 8.42 Å². The number of carbonyl (C=O) groups is 2. The molecule has 2 saturated heterocycles. The highest BCUT2D eigenvalue weighted by molar-refractivity contribution is 7.89. The molecule has 1 aromatic rings. The predicted octanol–water partition coefficient (Wildman–Crippen LogP) is 0.476. The fraction of sp³-hybridized carbons (Fsp3) is 0.600. The van der Waals surface area contributed by atoms with Gasteiger partial charge in [0.2, 0.25) is 21.8 Å². The highest BCUT2D eigenvalue weighted by Crippen LogP contribution is 2.22. The third kappa shape index (κ3) is 4.79. The summed E-state index contributed by atoms with van der Waals surface area (Å²) < 4.78 is 27.5. The van der Waals surface area contributed by atoms with Gasteiger partial charge in [-0.3, -0.25) is 14.5 Å². The molecular weight excluding hydrogens is 392 g/mol. The maximum absolute atomic E-state index is 13.0. The second-order valence-corrected chi connectivity index (χ2v) is 9.86. The Bertz CT molecular complexity index is 878. The van der Waals surface area contributed by atoms with Gasteiger partial charge >= 0.3 is 0 Å². The van der Waals surface area contributed by atoms with E-state index in [1.54, 1.807) is 11.0 Å². The molecule has 0 radical (unpaired) electrons. The number of primary amides is 1. The molecule has 1 atom stereocenters. The molecular formula is C20H30N4O4S. The Morgan fingerprint density at radius 1 is 1.07 bits per heavy atom. The van der Waals surface area contributed by atoms with Gasteiger partial charge in [-0.15, -0.1) is 0 Å². The summed E-state index contributed by atoms with van der Waals surface area (Å²) in [6.45, 7) is 6.10. The Morgan fingerprint density at radius 3 is 2.38 bits per heavy atom. The van der Waals surface area contributed by atoms with Crippen LogP contribution in [0.2, 0.25) is 0 Å². The van der Waals surface area contributed by atoms with Gasteiger partial charge in [0.25, 0.3) is 0 Å². The number of piperazine rings is 1. The molecule has 2 heterocycles. The number of nitrogens with zero attached hydrogens (tertiary/aromatic N) is 3. The fourth-order valence-corrected chi connectivity index (χ4v) is 5.79. The van der Waals surface area contributed by atoms with Crippen molar-refractivity contribution in [1.82, 2.24) is 14.1 Å². The molecule has 9 heteroatoms. The fourth-order valence-electron chi connectivity index (χ4n) is 4.16. The monoisotopic (exact) mass is 422 g/mol. The van der Waals surface area contributed by atoms with Gasteiger partial charge in [0.1, 0.15) is 6.04 Å². The normalized spacial score (nSPS) is 21.9. The van der Waals surface area contributed by atoms with Crippen LogP contribution in [0, 0.1) is 13.8 Å². The van der Waals surface area contributed by atoms with Crippen LogP contribution in [-0.4, -0.2) is 79.6 Å². The maximum atomic E-state index is 13.0. The van der Waals surface area contributed by atoms with Gasteiger partial charge < -0.3 is 10.6 Å². The first-order valence-electron chi connectivity index (χ1n) is 10.1. The van der Waals surface area contributed by atoms with Crippen LogP contribution in [0.15, 0.2) is 23.1 Å². The first kappa shape index (κ1) is 21.7. The third-order valence-corrected chi connectivity index (χ3v) is 7.85. The Morgan fingerprint density at radius 2 is 1.76 bits per heavy atom. The second-order valence-electron chi connectivity index (χ2n) is 7.95. The van der Waals surface area contributed by atoms with Crippen molar-refractivity contribution in [3.63, 3.8) is 0 Å². The molecule has 1 aromatic carbocycles. The summed E-state index contributed by atoms with van der Waals surface area (Å²) in [5, 5.41) is 0. The van der Waals surface area contributed by atoms with Gasteiger partial charge in [-0.2, -0.15) is 4.31 Å². The summed E-state index contributed by atoms with van der Waals surface area (Å²) in [4.78, 5) is 28.2. The van der Waals surface area contributed by atoms with Crippen molar-refractivity contribution in [3.05, 3.63) is 29.3 Å². The van der Waals surface area contributed by atoms with Gasteiger partial charge in [-0.05, 0) is 44.7 Å². The Labute approximate surface area is 172 Å². The largest absolute Gasteiger partial charge is 0.368 e. The summed E-state index contributed by atoms with van der Waals surface area (Å²) in [5.41, 5.74) is 7.22. The maximum Gasteiger partial charge on any atom is 0.243 e. The molecule has 0 spiro atoms. The van der Waals surface area contributed by atoms with E-state index in [1.165, 1.54) is 4.31 Å². The van der Waals surface area contributed by atoms with E-state index in [2.05, 4.69) is 0 Å². The molecule has 3 rings (SSSR count). The highest BCUT2D eigenvalue weighted by Gasteiger charge is 2.33. The van der Waals surface area contributed by atoms with Crippen molar-refractivity contribution in [1.29, 1.82) is 0 Å². The third-order valence-electron chi connectivity index (χ3n) is 5.79. The number of carbonyl (C=O) groups excluding carboxylic acids is 2. The van der Waals surface area contributed by atoms with E-state index in [4.69, 9.17) is 5.73 Å². The molecule has 0 aromatic heterocycles. The van der Waals surface area contributed by atoms with Crippen LogP contribution in [0.3, 0.4) is 0 Å². The second kappa shape index (κ2) is 8.81. The molecule has 160 valence electrons. The molecule has 0 saturated carbocycles. The van der Waals surface area contributed by atoms with E-state index in [1.807, 2.05) is 30.9 Å². The Balaban J connectivity index is 1.60. The van der Waals surface area contributed by atoms with Crippen LogP contribution < -0.4 is 5.73 Å². The zero-order valence-corrected chi connectivity index (χ0v) is 18.0. The number of likely N-dealkylation sites (tertiary alicyclic amines) is 1. The zero-order valence-electron chi connectivity index (χ0n) is 17.1. The van der Waals surface area contributed by atoms with Gasteiger partial charge in [-0.1, -0.05) is 17.7 Å². The standard InChI is InChI=1S/C20H30N4O4S/c1-15-6-7-18(16(2)13-15)29(27,28)23-11-9-22(10-12-23)14-19(25)24-8-4-3-5-17(24)20(21)26/h6-7,13,17H,3-5,8-12,14H2,1-2H3,(H2,21,26)/t17-/m0/s1. The van der Waals surface area contributed by atoms with Crippen LogP contribution in [0.1, 0.15) is 30.4 Å². The number of rotatable bonds is 5. The molecule has 2 fully saturated rings. The van der Waals surface area contributed by atoms with E-state index in [-0.39, 0.29) is 12.5 Å². The lowest BCUT2D eigenvalue weighted by Crippen LogP contribution is -2.55. The number of hydrogen-bond donors (Lipinski definition) is 1. The Hall–Kier alpha value is -1.97. The van der Waals surface area contributed by atoms with Gasteiger partial charge in [0.05, 0.1) is 11.4 Å². The van der Waals surface area contributed by atoms with Crippen LogP contribution in [-0.2, 0) is 19.6 Å². The molecule has 2 aliphatic rings. The predicted molar refractivity (Wildman–Crippen MR) is 110 cm³/mol. The molecule has 8 nitrogen and oxygen atoms in total. The van der Waals surface area contributed by atoms with E-state index in [9.17, 15) is 18.0 Å². The quantitative estimate of drug-likeness (QED) is 0.743. The zero-order chi connectivity index (χ0) is 21.2. The lowest BCUT2D eigenvalue weighted by molar-refractivity contribution is -0.142. The number of sulfonamides is 1. The van der Waals surface area contributed by atoms with Crippen molar-refractivity contribution in [2.45, 2.75) is 44.0 Å². The molecule has 2 aliphatic heterocycles. The Kier molecular flexibility index (Phi) is 6.60. The minimum atomic E-state index is -3.55. The number of amides is 2. The first-order chi connectivity index (χ1) is 13.7. The first-order valence-corrected chi connectivity index (χ1v) is 11.5. The van der Waals surface area contributed by atoms with Crippen molar-refractivity contribution >= 4 is 21.8 Å². The van der Waals surface area contributed by atoms with Crippen molar-refractivity contribution in [2.24, 2.45) is 5.73 Å². The summed E-state index contributed by atoms with van der Waals surface area (Å²) in [7, 11) is -3.55. The number of piperidine rings is 1. The minimum absolute atomic E-state index is 0.112. The number of benzene rings is 1. The van der Waals surface area contributed by atoms with Gasteiger partial charge in [0, 0.05) is 32.7 Å². The lowest BCUT2D eigenvalue weighted by atomic mass is 10.0. The SMILES string of the molecule is Cc1ccc(S(=O)(=O)N2CCN(CC(=O)N3CCCC[C@H]3C(N)=O)CC2)c(C)c1. The van der Waals surface area contributed by atoms with Crippen LogP contribution >= 0.6 is 0 Å². The van der Waals surface area contributed by atoms with E-state index in [0.29, 0.717) is 44.0 Å². The summed E-state index contributed by atoms with van der Waals surface area (Å²) in [5.74, 6) is -0.568. The van der Waals surface area contributed by atoms with Crippen molar-refractivity contribution in [2.75, 3.05) is 39.3 Å². The van der Waals surface area contributed by atoms with E-state index in [0.717, 1.165) is 24.0 Å². The van der Waals surface area contributed by atoms with Crippen LogP contribution in [0.5, 0.6) is 0 Å². The molecule has 29 heavy (non-hydrogen) atoms. The van der Waals surface area contributed by atoms with Gasteiger partial charge in [0.15, 0.2) is 0 Å². The summed E-state index contributed by atoms with van der Waals surface area (Å²) in [6, 6.07) is 4.82. The number of aryl methyl sites for hydroxylation is 2. The van der Waals surface area contributed by atoms with Crippen LogP contribution in [0.25, 0.3) is 0 Å². The molecule has 0 aliphatic carbocycles. The van der Waals surface area contributed by atoms with Crippen molar-refractivity contribution in [3.8, 4) is 0 Å². The molecule has 0 bridgehead atoms. The highest BCUT2D eigenvalue weighted by atomic mass is 32.2. The molecule has 2 N–H and O–H groups in total. The van der Waals surface area contributed by atoms with E-state index >= 15 is 0 Å². The van der Waals surface area contributed by atoms with Crippen molar-refractivity contribution < 1.29 is 18.0 Å². The number of hydrogen-bond acceptors (Lipinski definition) is 5. The van der Waals surface area contributed by atoms with E-state index < -0.39 is 22.0 Å².